The summed E-state index contributed by atoms with van der Waals surface area (Å²) in [4.78, 5) is 13.9. The van der Waals surface area contributed by atoms with E-state index in [9.17, 15) is 9.90 Å². The molecule has 2 N–H and O–H groups in total. The number of phenols is 1. The van der Waals surface area contributed by atoms with Gasteiger partial charge in [0.2, 0.25) is 5.91 Å². The summed E-state index contributed by atoms with van der Waals surface area (Å²) in [7, 11) is 1.87. The lowest BCUT2D eigenvalue weighted by molar-refractivity contribution is -0.132. The molecule has 0 spiro atoms. The molecule has 2 rings (SSSR count). The van der Waals surface area contributed by atoms with Gasteiger partial charge in [-0.3, -0.25) is 4.79 Å². The molecule has 0 bridgehead atoms. The monoisotopic (exact) mass is 298 g/mol. The fourth-order valence-electron chi connectivity index (χ4n) is 2.60. The first-order chi connectivity index (χ1) is 9.20. The highest BCUT2D eigenvalue weighted by atomic mass is 35.5. The number of nitrogens with one attached hydrogen (secondary N) is 1. The number of amides is 1. The maximum Gasteiger partial charge on any atom is 0.223 e. The molecule has 0 radical (unpaired) electrons. The summed E-state index contributed by atoms with van der Waals surface area (Å²) in [6.45, 7) is 2.43. The van der Waals surface area contributed by atoms with Gasteiger partial charge in [-0.25, -0.2) is 0 Å². The van der Waals surface area contributed by atoms with Crippen molar-refractivity contribution in [1.82, 2.24) is 10.2 Å². The van der Waals surface area contributed by atoms with E-state index in [1.807, 2.05) is 24.1 Å². The van der Waals surface area contributed by atoms with E-state index in [2.05, 4.69) is 5.32 Å². The highest BCUT2D eigenvalue weighted by Crippen LogP contribution is 2.29. The van der Waals surface area contributed by atoms with E-state index >= 15 is 0 Å². The molecule has 1 aliphatic rings. The van der Waals surface area contributed by atoms with Crippen LogP contribution in [0, 0.1) is 0 Å². The molecule has 1 aromatic carbocycles. The molecule has 0 atom stereocenters. The first kappa shape index (κ1) is 16.8. The Balaban J connectivity index is 0.00000200. The molecule has 0 saturated carbocycles. The third-order valence-corrected chi connectivity index (χ3v) is 3.80. The fraction of sp³-hybridized carbons (Fsp3) is 0.533. The second-order valence-corrected chi connectivity index (χ2v) is 5.10. The first-order valence-electron chi connectivity index (χ1n) is 6.92. The maximum atomic E-state index is 11.9. The first-order valence-corrected chi connectivity index (χ1v) is 6.92. The van der Waals surface area contributed by atoms with Crippen molar-refractivity contribution in [2.75, 3.05) is 26.7 Å². The van der Waals surface area contributed by atoms with Gasteiger partial charge in [-0.2, -0.15) is 0 Å². The van der Waals surface area contributed by atoms with Gasteiger partial charge in [-0.05, 0) is 43.5 Å². The highest BCUT2D eigenvalue weighted by molar-refractivity contribution is 5.85. The normalized spacial score (nSPS) is 15.8. The summed E-state index contributed by atoms with van der Waals surface area (Å²) in [5, 5.41) is 12.3. The predicted molar refractivity (Wildman–Crippen MR) is 82.5 cm³/mol. The van der Waals surface area contributed by atoms with E-state index in [-0.39, 0.29) is 18.3 Å². The van der Waals surface area contributed by atoms with Gasteiger partial charge in [0.15, 0.2) is 0 Å². The van der Waals surface area contributed by atoms with Gasteiger partial charge in [0.25, 0.3) is 0 Å². The molecule has 112 valence electrons. The van der Waals surface area contributed by atoms with Gasteiger partial charge in [0, 0.05) is 26.1 Å². The molecule has 0 unspecified atom stereocenters. The Labute approximate surface area is 126 Å². The van der Waals surface area contributed by atoms with Crippen molar-refractivity contribution in [3.8, 4) is 5.75 Å². The Hall–Kier alpha value is -1.26. The van der Waals surface area contributed by atoms with Crippen LogP contribution >= 0.6 is 12.4 Å². The average molecular weight is 299 g/mol. The van der Waals surface area contributed by atoms with Crippen LogP contribution in [0.3, 0.4) is 0 Å². The molecule has 1 aliphatic heterocycles. The maximum absolute atomic E-state index is 11.9. The molecule has 1 amide bonds. The lowest BCUT2D eigenvalue weighted by atomic mass is 9.89. The summed E-state index contributed by atoms with van der Waals surface area (Å²) < 4.78 is 0. The van der Waals surface area contributed by atoms with Crippen molar-refractivity contribution >= 4 is 18.3 Å². The van der Waals surface area contributed by atoms with Crippen LogP contribution in [-0.2, 0) is 4.79 Å². The van der Waals surface area contributed by atoms with Gasteiger partial charge in [-0.1, -0.05) is 12.1 Å². The Kier molecular flexibility index (Phi) is 6.82. The Morgan fingerprint density at radius 3 is 2.45 bits per heavy atom. The molecular formula is C15H23ClN2O2. The van der Waals surface area contributed by atoms with E-state index < -0.39 is 0 Å². The zero-order chi connectivity index (χ0) is 13.7. The number of carbonyl (C=O) groups is 1. The summed E-state index contributed by atoms with van der Waals surface area (Å²) >= 11 is 0. The number of benzene rings is 1. The second kappa shape index (κ2) is 8.12. The number of nitrogens with zero attached hydrogens (tertiary/aromatic N) is 1. The number of piperidine rings is 1. The third-order valence-electron chi connectivity index (χ3n) is 3.80. The lowest BCUT2D eigenvalue weighted by Crippen LogP contribution is -2.38. The summed E-state index contributed by atoms with van der Waals surface area (Å²) in [5.41, 5.74) is 1.26. The van der Waals surface area contributed by atoms with Crippen LogP contribution in [0.25, 0.3) is 0 Å². The minimum atomic E-state index is 0. The highest BCUT2D eigenvalue weighted by Gasteiger charge is 2.23. The number of carbonyl (C=O) groups excluding carboxylic acids is 1. The minimum Gasteiger partial charge on any atom is -0.508 e. The number of phenolic OH excluding ortho intramolecular Hbond substituents is 1. The molecule has 5 heteroatoms. The van der Waals surface area contributed by atoms with E-state index in [0.29, 0.717) is 18.1 Å². The molecule has 0 aliphatic carbocycles. The van der Waals surface area contributed by atoms with Crippen molar-refractivity contribution in [3.05, 3.63) is 29.8 Å². The van der Waals surface area contributed by atoms with Crippen molar-refractivity contribution in [2.24, 2.45) is 0 Å². The van der Waals surface area contributed by atoms with Crippen molar-refractivity contribution in [3.63, 3.8) is 0 Å². The number of halogens is 1. The number of hydrogen-bond acceptors (Lipinski definition) is 3. The molecule has 1 aromatic rings. The Bertz CT molecular complexity index is 414. The predicted octanol–water partition coefficient (Wildman–Crippen LogP) is 2.13. The quantitative estimate of drug-likeness (QED) is 0.895. The van der Waals surface area contributed by atoms with Crippen LogP contribution in [0.15, 0.2) is 24.3 Å². The van der Waals surface area contributed by atoms with Crippen molar-refractivity contribution < 1.29 is 9.90 Å². The summed E-state index contributed by atoms with van der Waals surface area (Å²) in [6.07, 6.45) is 2.60. The minimum absolute atomic E-state index is 0. The van der Waals surface area contributed by atoms with Gasteiger partial charge in [-0.15, -0.1) is 12.4 Å². The van der Waals surface area contributed by atoms with Gasteiger partial charge in [0.05, 0.1) is 0 Å². The fourth-order valence-corrected chi connectivity index (χ4v) is 2.60. The summed E-state index contributed by atoms with van der Waals surface area (Å²) in [5.74, 6) is 1.07. The van der Waals surface area contributed by atoms with E-state index in [1.165, 1.54) is 5.56 Å². The molecule has 1 fully saturated rings. The van der Waals surface area contributed by atoms with E-state index in [0.717, 1.165) is 32.5 Å². The zero-order valence-corrected chi connectivity index (χ0v) is 12.7. The third kappa shape index (κ3) is 4.39. The second-order valence-electron chi connectivity index (χ2n) is 5.10. The number of hydrogen-bond donors (Lipinski definition) is 2. The number of rotatable bonds is 4. The molecule has 0 aromatic heterocycles. The van der Waals surface area contributed by atoms with Gasteiger partial charge >= 0.3 is 0 Å². The molecular weight excluding hydrogens is 276 g/mol. The zero-order valence-electron chi connectivity index (χ0n) is 11.8. The average Bonchev–Trinajstić information content (AvgIpc) is 2.46. The van der Waals surface area contributed by atoms with Crippen LogP contribution in [0.4, 0.5) is 0 Å². The van der Waals surface area contributed by atoms with Crippen LogP contribution in [-0.4, -0.2) is 42.6 Å². The van der Waals surface area contributed by atoms with Crippen molar-refractivity contribution in [1.29, 1.82) is 0 Å². The van der Waals surface area contributed by atoms with Gasteiger partial charge in [0.1, 0.15) is 5.75 Å². The number of likely N-dealkylation sites (tertiary alicyclic amines) is 1. The van der Waals surface area contributed by atoms with Crippen LogP contribution in [0.2, 0.25) is 0 Å². The van der Waals surface area contributed by atoms with Crippen LogP contribution in [0.1, 0.15) is 30.7 Å². The molecule has 20 heavy (non-hydrogen) atoms. The van der Waals surface area contributed by atoms with Gasteiger partial charge < -0.3 is 15.3 Å². The van der Waals surface area contributed by atoms with Crippen molar-refractivity contribution in [2.45, 2.75) is 25.2 Å². The molecule has 1 heterocycles. The summed E-state index contributed by atoms with van der Waals surface area (Å²) in [6, 6.07) is 7.44. The Morgan fingerprint density at radius 2 is 1.90 bits per heavy atom. The largest absolute Gasteiger partial charge is 0.508 e. The standard InChI is InChI=1S/C15H22N2O2.ClH/c1-16-9-6-15(19)17-10-7-13(8-11-17)12-2-4-14(18)5-3-12;/h2-5,13,16,18H,6-11H2,1H3;1H. The van der Waals surface area contributed by atoms with E-state index in [4.69, 9.17) is 0 Å². The molecule has 1 saturated heterocycles. The lowest BCUT2D eigenvalue weighted by Gasteiger charge is -2.32. The molecule has 4 nitrogen and oxygen atoms in total. The Morgan fingerprint density at radius 1 is 1.30 bits per heavy atom. The van der Waals surface area contributed by atoms with Crippen LogP contribution in [0.5, 0.6) is 5.75 Å². The smallest absolute Gasteiger partial charge is 0.223 e. The topological polar surface area (TPSA) is 52.6 Å². The number of aromatic hydroxyl groups is 1. The SMILES string of the molecule is CNCCC(=O)N1CCC(c2ccc(O)cc2)CC1.Cl. The van der Waals surface area contributed by atoms with E-state index in [1.54, 1.807) is 12.1 Å². The van der Waals surface area contributed by atoms with Crippen LogP contribution < -0.4 is 5.32 Å².